The molecule has 19 nitrogen and oxygen atoms in total. The molecule has 5 unspecified atom stereocenters. The highest BCUT2D eigenvalue weighted by Crippen LogP contribution is 2.49. The van der Waals surface area contributed by atoms with Gasteiger partial charge in [0.05, 0.1) is 38.3 Å². The summed E-state index contributed by atoms with van der Waals surface area (Å²) in [6, 6.07) is 0. The van der Waals surface area contributed by atoms with Crippen molar-refractivity contribution in [2.24, 2.45) is 0 Å². The van der Waals surface area contributed by atoms with Crippen LogP contribution in [0.15, 0.2) is 30.1 Å². The minimum absolute atomic E-state index is 0.0248. The van der Waals surface area contributed by atoms with Crippen LogP contribution in [-0.4, -0.2) is 86.7 Å². The lowest BCUT2D eigenvalue weighted by Gasteiger charge is -2.21. The number of imidazole rings is 2. The lowest BCUT2D eigenvalue weighted by molar-refractivity contribution is -0.0540. The fourth-order valence-electron chi connectivity index (χ4n) is 4.83. The molecular weight excluding hydrogens is 588 g/mol. The number of fused-ring (bicyclic) bond motifs is 2. The summed E-state index contributed by atoms with van der Waals surface area (Å²) in [5.74, 6) is 0.169. The second-order valence-corrected chi connectivity index (χ2v) is 11.0. The topological polar surface area (TPSA) is 254 Å². The molecule has 2 fully saturated rings. The van der Waals surface area contributed by atoms with E-state index in [1.165, 1.54) is 34.4 Å². The summed E-state index contributed by atoms with van der Waals surface area (Å²) < 4.78 is 54.1. The maximum atomic E-state index is 12.9. The van der Waals surface area contributed by atoms with Gasteiger partial charge in [0, 0.05) is 12.8 Å². The monoisotopic (exact) mass is 611 g/mol. The summed E-state index contributed by atoms with van der Waals surface area (Å²) >= 11 is 0. The van der Waals surface area contributed by atoms with E-state index < -0.39 is 58.9 Å². The number of nitrogens with one attached hydrogen (secondary N) is 1. The van der Waals surface area contributed by atoms with E-state index in [1.54, 1.807) is 0 Å². The van der Waals surface area contributed by atoms with Gasteiger partial charge >= 0.3 is 16.5 Å². The van der Waals surface area contributed by atoms with Gasteiger partial charge in [-0.25, -0.2) is 34.0 Å². The number of H-pyrrole nitrogens is 1. The number of phosphoric ester groups is 1. The SMILES string of the molecule is Nc1ncnc2c1ncn2C1OC(COP(=O)(O)O[C@H]2CC(n3cnc4c(=O)[nH]cnc43)OC2COP=O)C[C@H]1O. The summed E-state index contributed by atoms with van der Waals surface area (Å²) in [6.45, 7) is -0.624. The van der Waals surface area contributed by atoms with E-state index in [2.05, 4.69) is 29.9 Å². The van der Waals surface area contributed by atoms with Crippen molar-refractivity contribution in [3.63, 3.8) is 0 Å². The summed E-state index contributed by atoms with van der Waals surface area (Å²) in [5.41, 5.74) is 6.38. The first kappa shape index (κ1) is 27.9. The molecule has 0 aliphatic carbocycles. The highest BCUT2D eigenvalue weighted by atomic mass is 31.2. The third-order valence-corrected chi connectivity index (χ3v) is 7.93. The molecule has 0 amide bonds. The van der Waals surface area contributed by atoms with Gasteiger partial charge in [-0.05, 0) is 0 Å². The minimum atomic E-state index is -4.70. The van der Waals surface area contributed by atoms with Crippen LogP contribution < -0.4 is 11.3 Å². The third kappa shape index (κ3) is 5.51. The Morgan fingerprint density at radius 3 is 2.71 bits per heavy atom. The van der Waals surface area contributed by atoms with Gasteiger partial charge in [0.15, 0.2) is 28.9 Å². The third-order valence-electron chi connectivity index (χ3n) is 6.67. The number of nitrogens with two attached hydrogens (primary N) is 1. The molecule has 21 heteroatoms. The molecule has 0 aromatic carbocycles. The summed E-state index contributed by atoms with van der Waals surface area (Å²) in [5, 5.41) is 10.6. The Labute approximate surface area is 230 Å². The van der Waals surface area contributed by atoms with E-state index in [9.17, 15) is 23.9 Å². The number of aliphatic hydroxyl groups is 1. The molecule has 2 aliphatic rings. The van der Waals surface area contributed by atoms with E-state index in [0.29, 0.717) is 11.2 Å². The first-order valence-corrected chi connectivity index (χ1v) is 14.4. The average Bonchev–Trinajstić information content (AvgIpc) is 3.72. The molecule has 2 saturated heterocycles. The van der Waals surface area contributed by atoms with Gasteiger partial charge in [0.25, 0.3) is 5.56 Å². The van der Waals surface area contributed by atoms with Crippen LogP contribution in [0.3, 0.4) is 0 Å². The number of rotatable bonds is 10. The summed E-state index contributed by atoms with van der Waals surface area (Å²) in [4.78, 5) is 45.3. The second kappa shape index (κ2) is 11.2. The molecule has 0 saturated carbocycles. The Morgan fingerprint density at radius 1 is 1.10 bits per heavy atom. The van der Waals surface area contributed by atoms with E-state index in [1.807, 2.05) is 0 Å². The summed E-state index contributed by atoms with van der Waals surface area (Å²) in [6.07, 6.45) is -0.109. The van der Waals surface area contributed by atoms with Crippen LogP contribution in [0, 0.1) is 0 Å². The van der Waals surface area contributed by atoms with E-state index >= 15 is 0 Å². The smallest absolute Gasteiger partial charge is 0.388 e. The number of nitrogens with zero attached hydrogens (tertiary/aromatic N) is 7. The standard InChI is InChI=1S/C20H23N9O10P2/c21-16-14-17(23-5-22-16)29(8-26-14)20-10(30)1-9(37-20)3-36-41(33,34)39-11-2-13(38-12(11)4-35-40-32)28-7-27-15-18(28)24-6-25-19(15)31/h5-13,20,30H,1-4H2,(H,33,34)(H2,21,22,23)(H,24,25,31)/t9?,10-,11+,12?,13?,20?/m1/s1. The van der Waals surface area contributed by atoms with Crippen LogP contribution in [0.2, 0.25) is 0 Å². The van der Waals surface area contributed by atoms with Gasteiger partial charge in [0.2, 0.25) is 0 Å². The molecule has 7 atom stereocenters. The lowest BCUT2D eigenvalue weighted by atomic mass is 10.2. The van der Waals surface area contributed by atoms with Crippen molar-refractivity contribution in [3.8, 4) is 0 Å². The van der Waals surface area contributed by atoms with Crippen molar-refractivity contribution < 1.29 is 42.2 Å². The lowest BCUT2D eigenvalue weighted by Crippen LogP contribution is -2.28. The fourth-order valence-corrected chi connectivity index (χ4v) is 6.02. The predicted molar refractivity (Wildman–Crippen MR) is 135 cm³/mol. The molecule has 6 heterocycles. The van der Waals surface area contributed by atoms with Gasteiger partial charge in [-0.1, -0.05) is 0 Å². The minimum Gasteiger partial charge on any atom is -0.388 e. The van der Waals surface area contributed by atoms with Crippen molar-refractivity contribution in [3.05, 3.63) is 35.7 Å². The zero-order valence-electron chi connectivity index (χ0n) is 20.9. The highest BCUT2D eigenvalue weighted by molar-refractivity contribution is 7.47. The number of hydrogen-bond acceptors (Lipinski definition) is 15. The molecule has 4 aromatic rings. The van der Waals surface area contributed by atoms with Crippen molar-refractivity contribution in [2.75, 3.05) is 18.9 Å². The number of hydrogen-bond donors (Lipinski definition) is 4. The maximum Gasteiger partial charge on any atom is 0.472 e. The van der Waals surface area contributed by atoms with Gasteiger partial charge in [0.1, 0.15) is 36.4 Å². The zero-order valence-corrected chi connectivity index (χ0v) is 22.7. The van der Waals surface area contributed by atoms with E-state index in [-0.39, 0.29) is 43.0 Å². The van der Waals surface area contributed by atoms with Crippen molar-refractivity contribution >= 4 is 44.7 Å². The van der Waals surface area contributed by atoms with Gasteiger partial charge < -0.3 is 30.2 Å². The molecule has 4 aromatic heterocycles. The van der Waals surface area contributed by atoms with Gasteiger partial charge in [-0.3, -0.25) is 27.5 Å². The number of ether oxygens (including phenoxy) is 2. The Bertz CT molecular complexity index is 1680. The van der Waals surface area contributed by atoms with Crippen LogP contribution >= 0.6 is 16.5 Å². The van der Waals surface area contributed by atoms with E-state index in [4.69, 9.17) is 28.8 Å². The van der Waals surface area contributed by atoms with Crippen LogP contribution in [-0.2, 0) is 32.2 Å². The zero-order chi connectivity index (χ0) is 28.7. The van der Waals surface area contributed by atoms with E-state index in [0.717, 1.165) is 0 Å². The highest BCUT2D eigenvalue weighted by Gasteiger charge is 2.43. The van der Waals surface area contributed by atoms with Crippen molar-refractivity contribution in [1.29, 1.82) is 0 Å². The molecular formula is C20H23N9O10P2. The maximum absolute atomic E-state index is 12.9. The number of aromatic amines is 1. The molecule has 0 bridgehead atoms. The van der Waals surface area contributed by atoms with Crippen LogP contribution in [0.1, 0.15) is 25.3 Å². The number of aromatic nitrogens is 8. The van der Waals surface area contributed by atoms with Crippen molar-refractivity contribution in [2.45, 2.75) is 49.7 Å². The molecule has 41 heavy (non-hydrogen) atoms. The second-order valence-electron chi connectivity index (χ2n) is 9.23. The number of anilines is 1. The predicted octanol–water partition coefficient (Wildman–Crippen LogP) is 0.203. The number of aliphatic hydroxyl groups excluding tert-OH is 1. The number of nitrogen functional groups attached to an aromatic ring is 1. The Balaban J connectivity index is 1.11. The largest absolute Gasteiger partial charge is 0.472 e. The molecule has 6 rings (SSSR count). The summed E-state index contributed by atoms with van der Waals surface area (Å²) in [7, 11) is -5.32. The average molecular weight is 611 g/mol. The first-order valence-electron chi connectivity index (χ1n) is 12.2. The Hall–Kier alpha value is -3.25. The normalized spacial score (nSPS) is 28.1. The molecule has 0 spiro atoms. The first-order chi connectivity index (χ1) is 19.7. The Kier molecular flexibility index (Phi) is 7.62. The fraction of sp³-hybridized carbons (Fsp3) is 0.500. The molecule has 2 aliphatic heterocycles. The molecule has 5 N–H and O–H groups in total. The van der Waals surface area contributed by atoms with Gasteiger partial charge in [-0.15, -0.1) is 0 Å². The van der Waals surface area contributed by atoms with Crippen LogP contribution in [0.5, 0.6) is 0 Å². The Morgan fingerprint density at radius 2 is 1.88 bits per heavy atom. The number of phosphoric acid groups is 1. The molecule has 218 valence electrons. The van der Waals surface area contributed by atoms with Gasteiger partial charge in [-0.2, -0.15) is 0 Å². The van der Waals surface area contributed by atoms with Crippen LogP contribution in [0.25, 0.3) is 22.3 Å². The van der Waals surface area contributed by atoms with Crippen molar-refractivity contribution in [1.82, 2.24) is 39.0 Å². The van der Waals surface area contributed by atoms with Crippen LogP contribution in [0.4, 0.5) is 5.82 Å². The quantitative estimate of drug-likeness (QED) is 0.175. The molecule has 0 radical (unpaired) electrons.